The minimum Gasteiger partial charge on any atom is -0.497 e. The summed E-state index contributed by atoms with van der Waals surface area (Å²) in [5.41, 5.74) is 1.43. The van der Waals surface area contributed by atoms with Gasteiger partial charge in [0.15, 0.2) is 0 Å². The second-order valence-corrected chi connectivity index (χ2v) is 5.03. The maximum absolute atomic E-state index is 13.5. The summed E-state index contributed by atoms with van der Waals surface area (Å²) in [6, 6.07) is 15.2. The molecule has 0 aliphatic heterocycles. The first-order chi connectivity index (χ1) is 11.2. The molecule has 1 aromatic heterocycles. The smallest absolute Gasteiger partial charge is 0.270 e. The summed E-state index contributed by atoms with van der Waals surface area (Å²) < 4.78 is 18.7. The zero-order valence-electron chi connectivity index (χ0n) is 12.5. The van der Waals surface area contributed by atoms with Crippen LogP contribution in [0.15, 0.2) is 54.6 Å². The molecule has 3 aromatic rings. The van der Waals surface area contributed by atoms with Gasteiger partial charge in [0.05, 0.1) is 12.6 Å². The number of rotatable bonds is 4. The lowest BCUT2D eigenvalue weighted by Crippen LogP contribution is -2.24. The number of carbonyl (C=O) groups is 1. The van der Waals surface area contributed by atoms with Crippen molar-refractivity contribution >= 4 is 16.8 Å². The molecule has 0 fully saturated rings. The highest BCUT2D eigenvalue weighted by molar-refractivity contribution is 5.95. The molecule has 1 N–H and O–H groups in total. The van der Waals surface area contributed by atoms with Crippen LogP contribution in [0.4, 0.5) is 4.39 Å². The SMILES string of the molecule is COc1ccc2nc(C(=O)NCc3ccccc3F)ccc2c1. The Bertz CT molecular complexity index is 865. The van der Waals surface area contributed by atoms with Crippen LogP contribution in [0.25, 0.3) is 10.9 Å². The second kappa shape index (κ2) is 6.44. The summed E-state index contributed by atoms with van der Waals surface area (Å²) in [7, 11) is 1.60. The van der Waals surface area contributed by atoms with Gasteiger partial charge in [0, 0.05) is 17.5 Å². The largest absolute Gasteiger partial charge is 0.497 e. The molecule has 116 valence electrons. The van der Waals surface area contributed by atoms with Crippen LogP contribution in [0.5, 0.6) is 5.75 Å². The molecule has 1 amide bonds. The Morgan fingerprint density at radius 2 is 2.00 bits per heavy atom. The number of amides is 1. The molecule has 0 saturated carbocycles. The average molecular weight is 310 g/mol. The number of hydrogen-bond donors (Lipinski definition) is 1. The van der Waals surface area contributed by atoms with Crippen molar-refractivity contribution in [3.05, 3.63) is 71.7 Å². The molecular weight excluding hydrogens is 295 g/mol. The monoisotopic (exact) mass is 310 g/mol. The minimum atomic E-state index is -0.342. The van der Waals surface area contributed by atoms with Gasteiger partial charge in [-0.05, 0) is 30.3 Å². The maximum Gasteiger partial charge on any atom is 0.270 e. The normalized spacial score (nSPS) is 10.5. The van der Waals surface area contributed by atoms with Gasteiger partial charge in [-0.25, -0.2) is 9.37 Å². The van der Waals surface area contributed by atoms with Gasteiger partial charge in [-0.15, -0.1) is 0 Å². The Hall–Kier alpha value is -2.95. The molecular formula is C18H15FN2O2. The molecule has 0 unspecified atom stereocenters. The number of nitrogens with one attached hydrogen (secondary N) is 1. The van der Waals surface area contributed by atoms with E-state index in [0.717, 1.165) is 11.1 Å². The number of methoxy groups -OCH3 is 1. The summed E-state index contributed by atoms with van der Waals surface area (Å²) >= 11 is 0. The van der Waals surface area contributed by atoms with Crippen LogP contribution < -0.4 is 10.1 Å². The molecule has 0 atom stereocenters. The quantitative estimate of drug-likeness (QED) is 0.804. The summed E-state index contributed by atoms with van der Waals surface area (Å²) in [6.07, 6.45) is 0. The Morgan fingerprint density at radius 1 is 1.17 bits per heavy atom. The highest BCUT2D eigenvalue weighted by Gasteiger charge is 2.09. The molecule has 5 heteroatoms. The van der Waals surface area contributed by atoms with Crippen molar-refractivity contribution in [2.45, 2.75) is 6.54 Å². The molecule has 0 spiro atoms. The molecule has 0 aliphatic rings. The fourth-order valence-electron chi connectivity index (χ4n) is 2.26. The predicted molar refractivity (Wildman–Crippen MR) is 85.9 cm³/mol. The first kappa shape index (κ1) is 15.0. The van der Waals surface area contributed by atoms with Crippen LogP contribution in [0.1, 0.15) is 16.1 Å². The van der Waals surface area contributed by atoms with Crippen LogP contribution >= 0.6 is 0 Å². The molecule has 3 rings (SSSR count). The van der Waals surface area contributed by atoms with E-state index in [9.17, 15) is 9.18 Å². The number of nitrogens with zero attached hydrogens (tertiary/aromatic N) is 1. The number of pyridine rings is 1. The number of halogens is 1. The van der Waals surface area contributed by atoms with Crippen LogP contribution in [0.2, 0.25) is 0 Å². The standard InChI is InChI=1S/C18H15FN2O2/c1-23-14-7-9-16-12(10-14)6-8-17(21-16)18(22)20-11-13-4-2-3-5-15(13)19/h2-10H,11H2,1H3,(H,20,22). The molecule has 0 bridgehead atoms. The van der Waals surface area contributed by atoms with E-state index in [1.807, 2.05) is 12.1 Å². The number of fused-ring (bicyclic) bond motifs is 1. The van der Waals surface area contributed by atoms with E-state index in [1.54, 1.807) is 43.5 Å². The van der Waals surface area contributed by atoms with E-state index in [0.29, 0.717) is 16.8 Å². The molecule has 1 heterocycles. The summed E-state index contributed by atoms with van der Waals surface area (Å²) in [4.78, 5) is 16.5. The number of ether oxygens (including phenoxy) is 1. The highest BCUT2D eigenvalue weighted by atomic mass is 19.1. The first-order valence-corrected chi connectivity index (χ1v) is 7.14. The zero-order chi connectivity index (χ0) is 16.2. The van der Waals surface area contributed by atoms with Gasteiger partial charge in [0.25, 0.3) is 5.91 Å². The third kappa shape index (κ3) is 3.29. The van der Waals surface area contributed by atoms with Crippen LogP contribution in [0.3, 0.4) is 0 Å². The number of aromatic nitrogens is 1. The maximum atomic E-state index is 13.5. The molecule has 0 saturated heterocycles. The molecule has 2 aromatic carbocycles. The van der Waals surface area contributed by atoms with Gasteiger partial charge >= 0.3 is 0 Å². The topological polar surface area (TPSA) is 51.2 Å². The number of hydrogen-bond acceptors (Lipinski definition) is 3. The van der Waals surface area contributed by atoms with Gasteiger partial charge in [-0.1, -0.05) is 24.3 Å². The van der Waals surface area contributed by atoms with E-state index in [-0.39, 0.29) is 18.3 Å². The fraction of sp³-hybridized carbons (Fsp3) is 0.111. The third-order valence-electron chi connectivity index (χ3n) is 3.53. The molecule has 4 nitrogen and oxygen atoms in total. The Labute approximate surface area is 132 Å². The van der Waals surface area contributed by atoms with Gasteiger partial charge in [0.2, 0.25) is 0 Å². The minimum absolute atomic E-state index is 0.119. The van der Waals surface area contributed by atoms with E-state index in [1.165, 1.54) is 6.07 Å². The summed E-state index contributed by atoms with van der Waals surface area (Å²) in [5, 5.41) is 3.56. The van der Waals surface area contributed by atoms with E-state index in [4.69, 9.17) is 4.74 Å². The average Bonchev–Trinajstić information content (AvgIpc) is 2.59. The van der Waals surface area contributed by atoms with Crippen molar-refractivity contribution in [1.82, 2.24) is 10.3 Å². The van der Waals surface area contributed by atoms with E-state index >= 15 is 0 Å². The predicted octanol–water partition coefficient (Wildman–Crippen LogP) is 3.31. The Morgan fingerprint density at radius 3 is 2.78 bits per heavy atom. The van der Waals surface area contributed by atoms with Crippen molar-refractivity contribution < 1.29 is 13.9 Å². The third-order valence-corrected chi connectivity index (χ3v) is 3.53. The summed E-state index contributed by atoms with van der Waals surface area (Å²) in [5.74, 6) is 0.0494. The van der Waals surface area contributed by atoms with Crippen molar-refractivity contribution in [3.8, 4) is 5.75 Å². The van der Waals surface area contributed by atoms with Gasteiger partial charge < -0.3 is 10.1 Å². The van der Waals surface area contributed by atoms with Gasteiger partial charge in [-0.3, -0.25) is 4.79 Å². The Kier molecular flexibility index (Phi) is 4.19. The lowest BCUT2D eigenvalue weighted by molar-refractivity contribution is 0.0946. The van der Waals surface area contributed by atoms with Crippen molar-refractivity contribution in [2.24, 2.45) is 0 Å². The lowest BCUT2D eigenvalue weighted by atomic mass is 10.2. The summed E-state index contributed by atoms with van der Waals surface area (Å²) in [6.45, 7) is 0.119. The van der Waals surface area contributed by atoms with Gasteiger partial charge in [0.1, 0.15) is 17.3 Å². The van der Waals surface area contributed by atoms with Crippen molar-refractivity contribution in [2.75, 3.05) is 7.11 Å². The van der Waals surface area contributed by atoms with E-state index in [2.05, 4.69) is 10.3 Å². The number of carbonyl (C=O) groups excluding carboxylic acids is 1. The van der Waals surface area contributed by atoms with E-state index < -0.39 is 0 Å². The van der Waals surface area contributed by atoms with Crippen molar-refractivity contribution in [1.29, 1.82) is 0 Å². The molecule has 0 aliphatic carbocycles. The second-order valence-electron chi connectivity index (χ2n) is 5.03. The van der Waals surface area contributed by atoms with Crippen molar-refractivity contribution in [3.63, 3.8) is 0 Å². The lowest BCUT2D eigenvalue weighted by Gasteiger charge is -2.07. The van der Waals surface area contributed by atoms with Gasteiger partial charge in [-0.2, -0.15) is 0 Å². The number of benzene rings is 2. The first-order valence-electron chi connectivity index (χ1n) is 7.14. The van der Waals surface area contributed by atoms with Crippen LogP contribution in [-0.2, 0) is 6.54 Å². The van der Waals surface area contributed by atoms with Crippen LogP contribution in [0, 0.1) is 5.82 Å². The fourth-order valence-corrected chi connectivity index (χ4v) is 2.26. The highest BCUT2D eigenvalue weighted by Crippen LogP contribution is 2.19. The molecule has 0 radical (unpaired) electrons. The molecule has 23 heavy (non-hydrogen) atoms. The zero-order valence-corrected chi connectivity index (χ0v) is 12.5. The van der Waals surface area contributed by atoms with Crippen LogP contribution in [-0.4, -0.2) is 18.0 Å². The Balaban J connectivity index is 1.77.